The Bertz CT molecular complexity index is 1160. The van der Waals surface area contributed by atoms with E-state index in [1.165, 1.54) is 4.90 Å². The number of hydrogen-bond donors (Lipinski definition) is 1. The van der Waals surface area contributed by atoms with Crippen LogP contribution in [-0.4, -0.2) is 28.7 Å². The van der Waals surface area contributed by atoms with E-state index < -0.39 is 11.9 Å². The number of nitrogens with one attached hydrogen (secondary N) is 1. The number of benzene rings is 2. The van der Waals surface area contributed by atoms with Crippen molar-refractivity contribution in [3.05, 3.63) is 76.3 Å². The summed E-state index contributed by atoms with van der Waals surface area (Å²) in [5, 5.41) is 3.57. The second-order valence-corrected chi connectivity index (χ2v) is 10.4. The topological polar surface area (TPSA) is 66.5 Å². The molecule has 1 N–H and O–H groups in total. The monoisotopic (exact) mass is 480 g/mol. The number of anilines is 1. The Labute approximate surface area is 201 Å². The molecule has 3 amide bonds. The van der Waals surface area contributed by atoms with Gasteiger partial charge in [0.1, 0.15) is 6.04 Å². The van der Waals surface area contributed by atoms with Crippen molar-refractivity contribution in [3.8, 4) is 0 Å². The lowest BCUT2D eigenvalue weighted by molar-refractivity contribution is -0.146. The minimum atomic E-state index is -0.958. The number of carbonyl (C=O) groups excluding carboxylic acids is 3. The van der Waals surface area contributed by atoms with Crippen LogP contribution in [0.25, 0.3) is 0 Å². The number of halogens is 2. The zero-order valence-electron chi connectivity index (χ0n) is 17.7. The molecule has 7 atom stereocenters. The highest BCUT2D eigenvalue weighted by molar-refractivity contribution is 6.36. The van der Waals surface area contributed by atoms with Crippen LogP contribution in [0.2, 0.25) is 10.0 Å². The molecule has 1 aliphatic heterocycles. The Balaban J connectivity index is 1.34. The highest BCUT2D eigenvalue weighted by atomic mass is 35.5. The highest BCUT2D eigenvalue weighted by Gasteiger charge is 2.67. The number of hydrogen-bond acceptors (Lipinski definition) is 3. The zero-order chi connectivity index (χ0) is 22.9. The molecule has 0 aromatic heterocycles. The first-order chi connectivity index (χ1) is 15.9. The van der Waals surface area contributed by atoms with Crippen molar-refractivity contribution in [3.63, 3.8) is 0 Å². The van der Waals surface area contributed by atoms with Gasteiger partial charge in [-0.1, -0.05) is 65.7 Å². The Morgan fingerprint density at radius 1 is 0.970 bits per heavy atom. The lowest BCUT2D eigenvalue weighted by Gasteiger charge is -2.37. The fourth-order valence-electron chi connectivity index (χ4n) is 6.23. The molecule has 1 heterocycles. The average Bonchev–Trinajstić information content (AvgIpc) is 3.59. The number of rotatable bonds is 5. The summed E-state index contributed by atoms with van der Waals surface area (Å²) in [6.07, 6.45) is 5.60. The lowest BCUT2D eigenvalue weighted by Crippen LogP contribution is -2.49. The first kappa shape index (κ1) is 20.9. The number of likely N-dealkylation sites (tertiary alicyclic amines) is 1. The molecule has 2 aromatic rings. The number of carbonyl (C=O) groups is 3. The average molecular weight is 481 g/mol. The predicted molar refractivity (Wildman–Crippen MR) is 126 cm³/mol. The molecule has 0 unspecified atom stereocenters. The minimum Gasteiger partial charge on any atom is -0.323 e. The van der Waals surface area contributed by atoms with Crippen molar-refractivity contribution in [2.45, 2.75) is 18.9 Å². The van der Waals surface area contributed by atoms with Gasteiger partial charge in [0.05, 0.1) is 22.5 Å². The minimum absolute atomic E-state index is 0.109. The van der Waals surface area contributed by atoms with Crippen LogP contribution < -0.4 is 5.32 Å². The van der Waals surface area contributed by atoms with Crippen LogP contribution in [0.4, 0.5) is 5.69 Å². The van der Waals surface area contributed by atoms with E-state index in [0.29, 0.717) is 27.6 Å². The summed E-state index contributed by atoms with van der Waals surface area (Å²) >= 11 is 12.3. The molecule has 1 saturated heterocycles. The fourth-order valence-corrected chi connectivity index (χ4v) is 6.69. The molecule has 0 radical (unpaired) electrons. The van der Waals surface area contributed by atoms with E-state index in [9.17, 15) is 14.4 Å². The van der Waals surface area contributed by atoms with Gasteiger partial charge < -0.3 is 5.32 Å². The van der Waals surface area contributed by atoms with Crippen LogP contribution in [0, 0.1) is 35.5 Å². The standard InChI is InChI=1S/C26H22Cl2N2O3/c27-14-6-9-20(19(28)11-14)29-24(31)21(10-13-4-2-1-3-5-13)30-25(32)22-15-7-8-16(18-12-17(15)18)23(22)26(30)33/h1-9,11,15-18,21-23H,10,12H2,(H,29,31)/t15-,16-,17-,18-,21+,22-,23+/m1/s1. The van der Waals surface area contributed by atoms with Crippen LogP contribution in [0.3, 0.4) is 0 Å². The third-order valence-electron chi connectivity index (χ3n) is 7.77. The van der Waals surface area contributed by atoms with Crippen molar-refractivity contribution >= 4 is 46.6 Å². The van der Waals surface area contributed by atoms with Crippen LogP contribution >= 0.6 is 23.2 Å². The van der Waals surface area contributed by atoms with E-state index in [1.807, 2.05) is 30.3 Å². The van der Waals surface area contributed by atoms with Crippen molar-refractivity contribution in [2.75, 3.05) is 5.32 Å². The van der Waals surface area contributed by atoms with Gasteiger partial charge in [-0.3, -0.25) is 19.3 Å². The number of amides is 3. The largest absolute Gasteiger partial charge is 0.323 e. The quantitative estimate of drug-likeness (QED) is 0.502. The smallest absolute Gasteiger partial charge is 0.248 e. The van der Waals surface area contributed by atoms with E-state index in [0.717, 1.165) is 12.0 Å². The van der Waals surface area contributed by atoms with Gasteiger partial charge in [-0.15, -0.1) is 0 Å². The molecule has 4 aliphatic carbocycles. The third kappa shape index (κ3) is 3.32. The fraction of sp³-hybridized carbons (Fsp3) is 0.346. The SMILES string of the molecule is O=C(Nc1ccc(Cl)cc1Cl)[C@H](Cc1ccccc1)N1C(=O)[C@@H]2[C@@H]3C=C[C@H]([C@H]4C[C@H]34)[C@@H]2C1=O. The van der Waals surface area contributed by atoms with Crippen molar-refractivity contribution in [1.82, 2.24) is 4.90 Å². The number of allylic oxidation sites excluding steroid dienone is 2. The first-order valence-corrected chi connectivity index (χ1v) is 12.0. The molecule has 7 heteroatoms. The molecule has 5 aliphatic rings. The summed E-state index contributed by atoms with van der Waals surface area (Å²) in [5.74, 6) is -0.326. The summed E-state index contributed by atoms with van der Waals surface area (Å²) in [7, 11) is 0. The van der Waals surface area contributed by atoms with E-state index in [4.69, 9.17) is 23.2 Å². The third-order valence-corrected chi connectivity index (χ3v) is 8.32. The first-order valence-electron chi connectivity index (χ1n) is 11.3. The van der Waals surface area contributed by atoms with Gasteiger partial charge in [0.25, 0.3) is 0 Å². The Kier molecular flexibility index (Phi) is 4.89. The van der Waals surface area contributed by atoms with Gasteiger partial charge in [0, 0.05) is 11.4 Å². The van der Waals surface area contributed by atoms with E-state index in [1.54, 1.807) is 18.2 Å². The van der Waals surface area contributed by atoms with Gasteiger partial charge in [0.15, 0.2) is 0 Å². The summed E-state index contributed by atoms with van der Waals surface area (Å²) in [4.78, 5) is 42.1. The van der Waals surface area contributed by atoms with E-state index >= 15 is 0 Å². The van der Waals surface area contributed by atoms with Gasteiger partial charge in [-0.25, -0.2) is 0 Å². The van der Waals surface area contributed by atoms with Crippen molar-refractivity contribution in [2.24, 2.45) is 35.5 Å². The summed E-state index contributed by atoms with van der Waals surface area (Å²) in [6.45, 7) is 0. The number of imide groups is 1. The van der Waals surface area contributed by atoms with Crippen LogP contribution in [0.5, 0.6) is 0 Å². The van der Waals surface area contributed by atoms with Crippen molar-refractivity contribution < 1.29 is 14.4 Å². The number of nitrogens with zero attached hydrogens (tertiary/aromatic N) is 1. The van der Waals surface area contributed by atoms with Crippen LogP contribution in [0.15, 0.2) is 60.7 Å². The molecule has 168 valence electrons. The van der Waals surface area contributed by atoms with Gasteiger partial charge in [0.2, 0.25) is 17.7 Å². The molecule has 7 rings (SSSR count). The highest BCUT2D eigenvalue weighted by Crippen LogP contribution is 2.65. The molecule has 2 bridgehead atoms. The molecule has 5 nitrogen and oxygen atoms in total. The Morgan fingerprint density at radius 3 is 2.21 bits per heavy atom. The maximum atomic E-state index is 13.7. The van der Waals surface area contributed by atoms with Gasteiger partial charge in [-0.05, 0) is 53.9 Å². The van der Waals surface area contributed by atoms with Crippen molar-refractivity contribution in [1.29, 1.82) is 0 Å². The predicted octanol–water partition coefficient (Wildman–Crippen LogP) is 4.60. The molecular weight excluding hydrogens is 459 g/mol. The lowest BCUT2D eigenvalue weighted by atomic mass is 9.63. The molecule has 2 aromatic carbocycles. The Hall–Kier alpha value is -2.63. The molecule has 2 saturated carbocycles. The Morgan fingerprint density at radius 2 is 1.61 bits per heavy atom. The normalized spacial score (nSPS) is 31.9. The summed E-state index contributed by atoms with van der Waals surface area (Å²) < 4.78 is 0. The molecular formula is C26H22Cl2N2O3. The zero-order valence-corrected chi connectivity index (χ0v) is 19.2. The molecule has 3 fully saturated rings. The second kappa shape index (κ2) is 7.71. The molecule has 0 spiro atoms. The van der Waals surface area contributed by atoms with E-state index in [2.05, 4.69) is 17.5 Å². The summed E-state index contributed by atoms with van der Waals surface area (Å²) in [5.41, 5.74) is 1.27. The van der Waals surface area contributed by atoms with Gasteiger partial charge in [-0.2, -0.15) is 0 Å². The molecule has 33 heavy (non-hydrogen) atoms. The maximum Gasteiger partial charge on any atom is 0.248 e. The van der Waals surface area contributed by atoms with E-state index in [-0.39, 0.29) is 41.9 Å². The van der Waals surface area contributed by atoms with Crippen LogP contribution in [-0.2, 0) is 20.8 Å². The van der Waals surface area contributed by atoms with Gasteiger partial charge >= 0.3 is 0 Å². The maximum absolute atomic E-state index is 13.7. The second-order valence-electron chi connectivity index (χ2n) is 9.52. The van der Waals surface area contributed by atoms with Crippen LogP contribution in [0.1, 0.15) is 12.0 Å². The summed E-state index contributed by atoms with van der Waals surface area (Å²) in [6, 6.07) is 13.3.